The van der Waals surface area contributed by atoms with Crippen molar-refractivity contribution >= 4 is 11.9 Å². The van der Waals surface area contributed by atoms with Gasteiger partial charge in [-0.2, -0.15) is 0 Å². The second kappa shape index (κ2) is 9.43. The summed E-state index contributed by atoms with van der Waals surface area (Å²) < 4.78 is 16.2. The van der Waals surface area contributed by atoms with Crippen molar-refractivity contribution in [1.82, 2.24) is 0 Å². The molecule has 0 spiro atoms. The zero-order valence-electron chi connectivity index (χ0n) is 16.0. The maximum Gasteiger partial charge on any atom is 0.185 e. The van der Waals surface area contributed by atoms with E-state index in [0.29, 0.717) is 29.2 Å². The number of ketones is 1. The van der Waals surface area contributed by atoms with Crippen molar-refractivity contribution < 1.29 is 19.0 Å². The van der Waals surface area contributed by atoms with Crippen molar-refractivity contribution in [3.63, 3.8) is 0 Å². The average Bonchev–Trinajstić information content (AvgIpc) is 2.66. The quantitative estimate of drug-likeness (QED) is 0.264. The second-order valence-corrected chi connectivity index (χ2v) is 5.92. The van der Waals surface area contributed by atoms with Crippen molar-refractivity contribution in [1.29, 1.82) is 0 Å². The third-order valence-electron chi connectivity index (χ3n) is 3.84. The molecular formula is C23H24O4. The number of benzene rings is 2. The minimum absolute atomic E-state index is 0.111. The first-order valence-corrected chi connectivity index (χ1v) is 8.50. The number of allylic oxidation sites excluding steroid dienone is 3. The summed E-state index contributed by atoms with van der Waals surface area (Å²) in [6.45, 7) is 9.23. The number of methoxy groups -OCH3 is 2. The molecule has 0 aliphatic heterocycles. The van der Waals surface area contributed by atoms with Gasteiger partial charge in [0.15, 0.2) is 5.78 Å². The average molecular weight is 364 g/mol. The van der Waals surface area contributed by atoms with E-state index in [1.54, 1.807) is 57.6 Å². The molecule has 27 heavy (non-hydrogen) atoms. The monoisotopic (exact) mass is 364 g/mol. The predicted octanol–water partition coefficient (Wildman–Crippen LogP) is 5.24. The van der Waals surface area contributed by atoms with Gasteiger partial charge in [0.25, 0.3) is 0 Å². The van der Waals surface area contributed by atoms with Crippen LogP contribution in [0.2, 0.25) is 0 Å². The van der Waals surface area contributed by atoms with Gasteiger partial charge in [-0.1, -0.05) is 12.7 Å². The molecule has 0 N–H and O–H groups in total. The number of rotatable bonds is 9. The molecule has 0 amide bonds. The van der Waals surface area contributed by atoms with Crippen LogP contribution in [-0.4, -0.2) is 20.0 Å². The van der Waals surface area contributed by atoms with Crippen LogP contribution >= 0.6 is 0 Å². The maximum atomic E-state index is 12.5. The summed E-state index contributed by atoms with van der Waals surface area (Å²) in [5, 5.41) is 0. The first-order valence-electron chi connectivity index (χ1n) is 8.50. The number of hydrogen-bond acceptors (Lipinski definition) is 4. The molecule has 4 heteroatoms. The summed E-state index contributed by atoms with van der Waals surface area (Å²) in [5.74, 6) is 2.49. The summed E-state index contributed by atoms with van der Waals surface area (Å²) in [6.07, 6.45) is 5.73. The zero-order valence-corrected chi connectivity index (χ0v) is 16.0. The molecule has 2 aromatic rings. The molecule has 4 nitrogen and oxygen atoms in total. The van der Waals surface area contributed by atoms with E-state index in [0.717, 1.165) is 16.9 Å². The molecular weight excluding hydrogens is 340 g/mol. The van der Waals surface area contributed by atoms with Gasteiger partial charge in [-0.3, -0.25) is 4.79 Å². The van der Waals surface area contributed by atoms with Crippen LogP contribution in [0, 0.1) is 0 Å². The lowest BCUT2D eigenvalue weighted by Crippen LogP contribution is -1.97. The molecule has 0 aliphatic carbocycles. The Morgan fingerprint density at radius 3 is 2.30 bits per heavy atom. The third-order valence-corrected chi connectivity index (χ3v) is 3.84. The molecule has 0 saturated heterocycles. The summed E-state index contributed by atoms with van der Waals surface area (Å²) in [5.41, 5.74) is 2.34. The van der Waals surface area contributed by atoms with Gasteiger partial charge in [0.2, 0.25) is 0 Å². The van der Waals surface area contributed by atoms with Crippen LogP contribution in [0.15, 0.2) is 67.5 Å². The van der Waals surface area contributed by atoms with E-state index in [4.69, 9.17) is 14.2 Å². The fourth-order valence-corrected chi connectivity index (χ4v) is 2.59. The summed E-state index contributed by atoms with van der Waals surface area (Å²) >= 11 is 0. The topological polar surface area (TPSA) is 44.8 Å². The zero-order chi connectivity index (χ0) is 19.8. The van der Waals surface area contributed by atoms with Crippen LogP contribution < -0.4 is 14.2 Å². The molecule has 0 aromatic heterocycles. The van der Waals surface area contributed by atoms with Gasteiger partial charge in [0, 0.05) is 17.2 Å². The SMILES string of the molecule is C=CCc1cc(/C=C/C(=O)c2ccc(OC(=C)C)cc2)c(OC)cc1OC. The minimum Gasteiger partial charge on any atom is -0.496 e. The molecule has 0 heterocycles. The predicted molar refractivity (Wildman–Crippen MR) is 109 cm³/mol. The molecule has 0 fully saturated rings. The summed E-state index contributed by atoms with van der Waals surface area (Å²) in [7, 11) is 3.20. The number of hydrogen-bond donors (Lipinski definition) is 0. The summed E-state index contributed by atoms with van der Waals surface area (Å²) in [6, 6.07) is 10.7. The fraction of sp³-hybridized carbons (Fsp3) is 0.174. The van der Waals surface area contributed by atoms with E-state index in [1.165, 1.54) is 6.08 Å². The molecule has 0 atom stereocenters. The van der Waals surface area contributed by atoms with E-state index in [-0.39, 0.29) is 5.78 Å². The van der Waals surface area contributed by atoms with E-state index < -0.39 is 0 Å². The third kappa shape index (κ3) is 5.35. The van der Waals surface area contributed by atoms with Crippen molar-refractivity contribution in [3.05, 3.63) is 84.2 Å². The van der Waals surface area contributed by atoms with E-state index in [1.807, 2.05) is 12.1 Å². The molecule has 140 valence electrons. The lowest BCUT2D eigenvalue weighted by atomic mass is 10.0. The van der Waals surface area contributed by atoms with Crippen LogP contribution in [0.1, 0.15) is 28.4 Å². The highest BCUT2D eigenvalue weighted by molar-refractivity contribution is 6.07. The van der Waals surface area contributed by atoms with Gasteiger partial charge >= 0.3 is 0 Å². The second-order valence-electron chi connectivity index (χ2n) is 5.92. The van der Waals surface area contributed by atoms with Crippen LogP contribution in [0.4, 0.5) is 0 Å². The molecule has 0 saturated carbocycles. The van der Waals surface area contributed by atoms with Crippen LogP contribution in [-0.2, 0) is 6.42 Å². The molecule has 2 aromatic carbocycles. The highest BCUT2D eigenvalue weighted by Gasteiger charge is 2.10. The Bertz CT molecular complexity index is 861. The van der Waals surface area contributed by atoms with Crippen LogP contribution in [0.3, 0.4) is 0 Å². The van der Waals surface area contributed by atoms with Crippen molar-refractivity contribution in [2.24, 2.45) is 0 Å². The lowest BCUT2D eigenvalue weighted by molar-refractivity contribution is 0.104. The molecule has 0 radical (unpaired) electrons. The Hall–Kier alpha value is -3.27. The molecule has 0 bridgehead atoms. The smallest absolute Gasteiger partial charge is 0.185 e. The van der Waals surface area contributed by atoms with Gasteiger partial charge in [0.05, 0.1) is 20.0 Å². The van der Waals surface area contributed by atoms with Gasteiger partial charge in [0.1, 0.15) is 17.2 Å². The minimum atomic E-state index is -0.111. The van der Waals surface area contributed by atoms with Crippen molar-refractivity contribution in [3.8, 4) is 17.2 Å². The van der Waals surface area contributed by atoms with E-state index in [9.17, 15) is 4.79 Å². The van der Waals surface area contributed by atoms with E-state index in [2.05, 4.69) is 13.2 Å². The Morgan fingerprint density at radius 2 is 1.74 bits per heavy atom. The Kier molecular flexibility index (Phi) is 7.00. The Labute approximate surface area is 160 Å². The van der Waals surface area contributed by atoms with Gasteiger partial charge in [-0.25, -0.2) is 0 Å². The molecule has 0 aliphatic rings. The largest absolute Gasteiger partial charge is 0.496 e. The molecule has 2 rings (SSSR count). The highest BCUT2D eigenvalue weighted by atomic mass is 16.5. The van der Waals surface area contributed by atoms with E-state index >= 15 is 0 Å². The van der Waals surface area contributed by atoms with Gasteiger partial charge in [-0.05, 0) is 61.4 Å². The Balaban J connectivity index is 2.25. The van der Waals surface area contributed by atoms with Crippen molar-refractivity contribution in [2.75, 3.05) is 14.2 Å². The standard InChI is InChI=1S/C23H24O4/c1-6-7-18-14-19(23(26-5)15-22(18)25-4)10-13-21(24)17-8-11-20(12-9-17)27-16(2)3/h6,8-15H,1-2,7H2,3-5H3/b13-10+. The number of carbonyl (C=O) groups is 1. The van der Waals surface area contributed by atoms with Crippen LogP contribution in [0.5, 0.6) is 17.2 Å². The van der Waals surface area contributed by atoms with Crippen LogP contribution in [0.25, 0.3) is 6.08 Å². The summed E-state index contributed by atoms with van der Waals surface area (Å²) in [4.78, 5) is 12.5. The first-order chi connectivity index (χ1) is 13.0. The number of ether oxygens (including phenoxy) is 3. The lowest BCUT2D eigenvalue weighted by Gasteiger charge is -2.12. The highest BCUT2D eigenvalue weighted by Crippen LogP contribution is 2.30. The van der Waals surface area contributed by atoms with Gasteiger partial charge in [-0.15, -0.1) is 6.58 Å². The maximum absolute atomic E-state index is 12.5. The van der Waals surface area contributed by atoms with Crippen molar-refractivity contribution in [2.45, 2.75) is 13.3 Å². The number of carbonyl (C=O) groups excluding carboxylic acids is 1. The first kappa shape index (κ1) is 20.0. The van der Waals surface area contributed by atoms with Gasteiger partial charge < -0.3 is 14.2 Å². The normalized spacial score (nSPS) is 10.5. The Morgan fingerprint density at radius 1 is 1.07 bits per heavy atom. The molecule has 0 unspecified atom stereocenters. The fourth-order valence-electron chi connectivity index (χ4n) is 2.59.